The number of amides is 3. The van der Waals surface area contributed by atoms with Crippen molar-refractivity contribution in [1.82, 2.24) is 15.1 Å². The molecular weight excluding hydrogens is 322 g/mol. The summed E-state index contributed by atoms with van der Waals surface area (Å²) >= 11 is 0. The first-order valence-corrected chi connectivity index (χ1v) is 8.86. The Morgan fingerprint density at radius 2 is 1.96 bits per heavy atom. The van der Waals surface area contributed by atoms with Gasteiger partial charge in [0.25, 0.3) is 5.91 Å². The lowest BCUT2D eigenvalue weighted by Gasteiger charge is -2.34. The molecule has 7 heteroatoms. The predicted molar refractivity (Wildman–Crippen MR) is 92.6 cm³/mol. The van der Waals surface area contributed by atoms with Gasteiger partial charge in [0.15, 0.2) is 0 Å². The highest BCUT2D eigenvalue weighted by atomic mass is 16.5. The second-order valence-electron chi connectivity index (χ2n) is 6.49. The maximum atomic E-state index is 12.4. The van der Waals surface area contributed by atoms with Gasteiger partial charge in [-0.15, -0.1) is 0 Å². The molecule has 25 heavy (non-hydrogen) atoms. The highest BCUT2D eigenvalue weighted by Crippen LogP contribution is 2.15. The predicted octanol–water partition coefficient (Wildman–Crippen LogP) is 1.43. The number of benzene rings is 1. The first-order valence-electron chi connectivity index (χ1n) is 8.86. The van der Waals surface area contributed by atoms with Gasteiger partial charge in [0, 0.05) is 44.9 Å². The van der Waals surface area contributed by atoms with Crippen LogP contribution in [0.2, 0.25) is 0 Å². The van der Waals surface area contributed by atoms with Crippen molar-refractivity contribution < 1.29 is 19.4 Å². The number of carbonyl (C=O) groups excluding carboxylic acids is 2. The van der Waals surface area contributed by atoms with E-state index in [1.165, 1.54) is 12.1 Å². The standard InChI is InChI=1S/C18H25N3O4/c22-15-4-1-3-14(13-15)17(23)20-8-10-21(11-9-20)18(24)19-7-6-16-5-2-12-25-16/h1,3-4,13,16,22H,2,5-12H2,(H,19,24)/t16-/m0/s1. The number of aromatic hydroxyl groups is 1. The minimum Gasteiger partial charge on any atom is -0.508 e. The zero-order valence-electron chi connectivity index (χ0n) is 14.3. The van der Waals surface area contributed by atoms with Crippen molar-refractivity contribution in [3.8, 4) is 5.75 Å². The Hall–Kier alpha value is -2.28. The molecule has 0 radical (unpaired) electrons. The third-order valence-corrected chi connectivity index (χ3v) is 4.71. The fourth-order valence-corrected chi connectivity index (χ4v) is 3.26. The first kappa shape index (κ1) is 17.5. The van der Waals surface area contributed by atoms with Crippen LogP contribution in [-0.2, 0) is 4.74 Å². The number of rotatable bonds is 4. The minimum atomic E-state index is -0.116. The van der Waals surface area contributed by atoms with Crippen molar-refractivity contribution in [3.05, 3.63) is 29.8 Å². The van der Waals surface area contributed by atoms with E-state index in [9.17, 15) is 14.7 Å². The molecule has 2 heterocycles. The number of phenols is 1. The van der Waals surface area contributed by atoms with E-state index in [1.807, 2.05) is 0 Å². The molecule has 2 fully saturated rings. The number of piperazine rings is 1. The Labute approximate surface area is 147 Å². The van der Waals surface area contributed by atoms with E-state index in [0.717, 1.165) is 25.9 Å². The van der Waals surface area contributed by atoms with Gasteiger partial charge in [0.05, 0.1) is 6.10 Å². The fraction of sp³-hybridized carbons (Fsp3) is 0.556. The molecule has 7 nitrogen and oxygen atoms in total. The second kappa shape index (κ2) is 8.20. The Morgan fingerprint density at radius 1 is 1.20 bits per heavy atom. The van der Waals surface area contributed by atoms with Crippen LogP contribution in [0.15, 0.2) is 24.3 Å². The van der Waals surface area contributed by atoms with Crippen LogP contribution in [0.5, 0.6) is 5.75 Å². The van der Waals surface area contributed by atoms with Crippen molar-refractivity contribution in [2.24, 2.45) is 0 Å². The molecule has 136 valence electrons. The van der Waals surface area contributed by atoms with E-state index >= 15 is 0 Å². The number of hydrogen-bond acceptors (Lipinski definition) is 4. The van der Waals surface area contributed by atoms with E-state index in [0.29, 0.717) is 38.3 Å². The first-order chi connectivity index (χ1) is 12.1. The summed E-state index contributed by atoms with van der Waals surface area (Å²) < 4.78 is 5.54. The van der Waals surface area contributed by atoms with Gasteiger partial charge in [-0.2, -0.15) is 0 Å². The number of ether oxygens (including phenoxy) is 1. The monoisotopic (exact) mass is 347 g/mol. The number of hydrogen-bond donors (Lipinski definition) is 2. The summed E-state index contributed by atoms with van der Waals surface area (Å²) in [5.74, 6) is -0.0375. The van der Waals surface area contributed by atoms with Gasteiger partial charge in [-0.25, -0.2) is 4.79 Å². The molecule has 0 bridgehead atoms. The largest absolute Gasteiger partial charge is 0.508 e. The van der Waals surface area contributed by atoms with E-state index < -0.39 is 0 Å². The average molecular weight is 347 g/mol. The Morgan fingerprint density at radius 3 is 2.64 bits per heavy atom. The molecule has 3 amide bonds. The van der Waals surface area contributed by atoms with Gasteiger partial charge < -0.3 is 25.0 Å². The Kier molecular flexibility index (Phi) is 5.75. The van der Waals surface area contributed by atoms with Gasteiger partial charge in [0.2, 0.25) is 0 Å². The van der Waals surface area contributed by atoms with E-state index in [2.05, 4.69) is 5.32 Å². The third kappa shape index (κ3) is 4.63. The summed E-state index contributed by atoms with van der Waals surface area (Å²) in [5, 5.41) is 12.4. The van der Waals surface area contributed by atoms with Gasteiger partial charge in [0.1, 0.15) is 5.75 Å². The molecule has 2 N–H and O–H groups in total. The van der Waals surface area contributed by atoms with Crippen LogP contribution in [-0.4, -0.2) is 72.3 Å². The molecule has 3 rings (SSSR count). The lowest BCUT2D eigenvalue weighted by Crippen LogP contribution is -2.53. The fourth-order valence-electron chi connectivity index (χ4n) is 3.26. The lowest BCUT2D eigenvalue weighted by molar-refractivity contribution is 0.0662. The zero-order valence-corrected chi connectivity index (χ0v) is 14.3. The molecule has 1 aromatic carbocycles. The molecule has 0 unspecified atom stereocenters. The summed E-state index contributed by atoms with van der Waals surface area (Å²) in [6.07, 6.45) is 3.30. The summed E-state index contributed by atoms with van der Waals surface area (Å²) in [5.41, 5.74) is 0.467. The van der Waals surface area contributed by atoms with Crippen LogP contribution in [0.3, 0.4) is 0 Å². The van der Waals surface area contributed by atoms with Gasteiger partial charge >= 0.3 is 6.03 Å². The van der Waals surface area contributed by atoms with Crippen LogP contribution < -0.4 is 5.32 Å². The van der Waals surface area contributed by atoms with Crippen molar-refractivity contribution in [2.45, 2.75) is 25.4 Å². The molecule has 0 saturated carbocycles. The molecule has 2 saturated heterocycles. The van der Waals surface area contributed by atoms with Crippen LogP contribution >= 0.6 is 0 Å². The van der Waals surface area contributed by atoms with Crippen LogP contribution in [0.25, 0.3) is 0 Å². The molecule has 2 aliphatic rings. The normalized spacial score (nSPS) is 20.6. The quantitative estimate of drug-likeness (QED) is 0.863. The molecule has 1 aromatic rings. The lowest BCUT2D eigenvalue weighted by atomic mass is 10.1. The Balaban J connectivity index is 1.41. The molecule has 0 aliphatic carbocycles. The van der Waals surface area contributed by atoms with Crippen LogP contribution in [0.1, 0.15) is 29.6 Å². The number of nitrogens with zero attached hydrogens (tertiary/aromatic N) is 2. The van der Waals surface area contributed by atoms with Crippen molar-refractivity contribution in [2.75, 3.05) is 39.3 Å². The number of nitrogens with one attached hydrogen (secondary N) is 1. The van der Waals surface area contributed by atoms with Crippen LogP contribution in [0.4, 0.5) is 4.79 Å². The summed E-state index contributed by atoms with van der Waals surface area (Å²) in [4.78, 5) is 28.1. The highest BCUT2D eigenvalue weighted by Gasteiger charge is 2.25. The smallest absolute Gasteiger partial charge is 0.317 e. The molecule has 1 atom stereocenters. The van der Waals surface area contributed by atoms with Crippen molar-refractivity contribution >= 4 is 11.9 Å². The maximum absolute atomic E-state index is 12.4. The highest BCUT2D eigenvalue weighted by molar-refractivity contribution is 5.94. The van der Waals surface area contributed by atoms with E-state index in [4.69, 9.17) is 4.74 Å². The number of carbonyl (C=O) groups is 2. The van der Waals surface area contributed by atoms with Gasteiger partial charge in [-0.3, -0.25) is 4.79 Å². The molecule has 0 spiro atoms. The molecule has 2 aliphatic heterocycles. The van der Waals surface area contributed by atoms with E-state index in [-0.39, 0.29) is 23.8 Å². The summed E-state index contributed by atoms with van der Waals surface area (Å²) in [7, 11) is 0. The average Bonchev–Trinajstić information content (AvgIpc) is 3.14. The number of phenolic OH excluding ortho intramolecular Hbond substituents is 1. The van der Waals surface area contributed by atoms with Gasteiger partial charge in [-0.1, -0.05) is 6.07 Å². The minimum absolute atomic E-state index is 0.0788. The van der Waals surface area contributed by atoms with Crippen molar-refractivity contribution in [3.63, 3.8) is 0 Å². The second-order valence-corrected chi connectivity index (χ2v) is 6.49. The SMILES string of the molecule is O=C(NCC[C@@H]1CCCO1)N1CCN(C(=O)c2cccc(O)c2)CC1. The van der Waals surface area contributed by atoms with Crippen molar-refractivity contribution in [1.29, 1.82) is 0 Å². The summed E-state index contributed by atoms with van der Waals surface area (Å²) in [6, 6.07) is 6.26. The zero-order chi connectivity index (χ0) is 17.6. The number of urea groups is 1. The Bertz CT molecular complexity index is 608. The third-order valence-electron chi connectivity index (χ3n) is 4.71. The molecule has 0 aromatic heterocycles. The maximum Gasteiger partial charge on any atom is 0.317 e. The molecular formula is C18H25N3O4. The topological polar surface area (TPSA) is 82.1 Å². The van der Waals surface area contributed by atoms with Crippen LogP contribution in [0, 0.1) is 0 Å². The van der Waals surface area contributed by atoms with E-state index in [1.54, 1.807) is 21.9 Å². The van der Waals surface area contributed by atoms with Gasteiger partial charge in [-0.05, 0) is 37.5 Å². The summed E-state index contributed by atoms with van der Waals surface area (Å²) in [6.45, 7) is 3.45.